The second kappa shape index (κ2) is 16.9. The zero-order valence-electron chi connectivity index (χ0n) is 17.7. The summed E-state index contributed by atoms with van der Waals surface area (Å²) >= 11 is 0. The summed E-state index contributed by atoms with van der Waals surface area (Å²) in [5.74, 6) is 0.941. The van der Waals surface area contributed by atoms with Crippen molar-refractivity contribution in [3.63, 3.8) is 0 Å². The molecule has 0 aromatic rings. The SMILES string of the molecule is CCCCCCCCCC(CCCC)C(P)(CCCC)CCCC. The summed E-state index contributed by atoms with van der Waals surface area (Å²) in [6.07, 6.45) is 24.2. The highest BCUT2D eigenvalue weighted by atomic mass is 31.0. The molecule has 0 saturated carbocycles. The van der Waals surface area contributed by atoms with Crippen LogP contribution in [0.5, 0.6) is 0 Å². The molecule has 0 fully saturated rings. The molecule has 146 valence electrons. The van der Waals surface area contributed by atoms with Crippen LogP contribution in [0.1, 0.15) is 137 Å². The third-order valence-electron chi connectivity index (χ3n) is 5.87. The third-order valence-corrected chi connectivity index (χ3v) is 6.92. The maximum Gasteiger partial charge on any atom is -0.0122 e. The highest BCUT2D eigenvalue weighted by Gasteiger charge is 2.32. The molecule has 0 amide bonds. The van der Waals surface area contributed by atoms with Crippen LogP contribution in [0.3, 0.4) is 0 Å². The van der Waals surface area contributed by atoms with Crippen LogP contribution in [0.4, 0.5) is 0 Å². The van der Waals surface area contributed by atoms with E-state index in [9.17, 15) is 0 Å². The van der Waals surface area contributed by atoms with Crippen LogP contribution in [-0.2, 0) is 0 Å². The second-order valence-electron chi connectivity index (χ2n) is 8.19. The monoisotopic (exact) mass is 356 g/mol. The average molecular weight is 357 g/mol. The highest BCUT2D eigenvalue weighted by Crippen LogP contribution is 2.43. The van der Waals surface area contributed by atoms with Gasteiger partial charge in [-0.25, -0.2) is 0 Å². The van der Waals surface area contributed by atoms with Crippen molar-refractivity contribution in [2.45, 2.75) is 142 Å². The van der Waals surface area contributed by atoms with Crippen LogP contribution in [0.2, 0.25) is 0 Å². The molecule has 0 aromatic heterocycles. The van der Waals surface area contributed by atoms with E-state index >= 15 is 0 Å². The third kappa shape index (κ3) is 11.9. The fourth-order valence-corrected chi connectivity index (χ4v) is 4.80. The second-order valence-corrected chi connectivity index (χ2v) is 9.34. The van der Waals surface area contributed by atoms with Gasteiger partial charge in [0.15, 0.2) is 0 Å². The number of unbranched alkanes of at least 4 members (excludes halogenated alkanes) is 9. The Labute approximate surface area is 157 Å². The molecule has 24 heavy (non-hydrogen) atoms. The number of hydrogen-bond acceptors (Lipinski definition) is 0. The lowest BCUT2D eigenvalue weighted by atomic mass is 9.77. The van der Waals surface area contributed by atoms with Crippen molar-refractivity contribution in [3.8, 4) is 0 Å². The molecule has 1 heteroatoms. The Morgan fingerprint density at radius 1 is 0.542 bits per heavy atom. The van der Waals surface area contributed by atoms with Gasteiger partial charge >= 0.3 is 0 Å². The van der Waals surface area contributed by atoms with Gasteiger partial charge in [0.2, 0.25) is 0 Å². The van der Waals surface area contributed by atoms with Crippen LogP contribution in [0, 0.1) is 5.92 Å². The van der Waals surface area contributed by atoms with E-state index in [-0.39, 0.29) is 0 Å². The van der Waals surface area contributed by atoms with E-state index in [1.54, 1.807) is 0 Å². The summed E-state index contributed by atoms with van der Waals surface area (Å²) in [4.78, 5) is 0. The highest BCUT2D eigenvalue weighted by molar-refractivity contribution is 7.19. The summed E-state index contributed by atoms with van der Waals surface area (Å²) in [5, 5.41) is 0.531. The fraction of sp³-hybridized carbons (Fsp3) is 1.00. The van der Waals surface area contributed by atoms with Crippen molar-refractivity contribution in [1.29, 1.82) is 0 Å². The molecule has 0 heterocycles. The largest absolute Gasteiger partial charge is 0.131 e. The van der Waals surface area contributed by atoms with E-state index in [4.69, 9.17) is 0 Å². The maximum atomic E-state index is 3.37. The first-order chi connectivity index (χ1) is 11.6. The van der Waals surface area contributed by atoms with E-state index in [1.807, 2.05) is 0 Å². The molecule has 0 aromatic carbocycles. The first-order valence-electron chi connectivity index (χ1n) is 11.4. The molecule has 0 saturated heterocycles. The Morgan fingerprint density at radius 3 is 1.46 bits per heavy atom. The smallest absolute Gasteiger partial charge is 0.0122 e. The van der Waals surface area contributed by atoms with Gasteiger partial charge in [-0.1, -0.05) is 111 Å². The Kier molecular flexibility index (Phi) is 17.2. The molecule has 0 aliphatic rings. The van der Waals surface area contributed by atoms with Crippen LogP contribution in [0.15, 0.2) is 0 Å². The van der Waals surface area contributed by atoms with Gasteiger partial charge in [-0.15, -0.1) is 9.24 Å². The average Bonchev–Trinajstić information content (AvgIpc) is 2.59. The zero-order chi connectivity index (χ0) is 18.1. The van der Waals surface area contributed by atoms with Crippen LogP contribution in [-0.4, -0.2) is 5.16 Å². The molecule has 0 radical (unpaired) electrons. The van der Waals surface area contributed by atoms with Crippen molar-refractivity contribution in [1.82, 2.24) is 0 Å². The van der Waals surface area contributed by atoms with Crippen LogP contribution >= 0.6 is 9.24 Å². The van der Waals surface area contributed by atoms with Gasteiger partial charge in [-0.05, 0) is 36.8 Å². The normalized spacial score (nSPS) is 13.4. The van der Waals surface area contributed by atoms with E-state index in [0.29, 0.717) is 5.16 Å². The van der Waals surface area contributed by atoms with Crippen molar-refractivity contribution < 1.29 is 0 Å². The first-order valence-corrected chi connectivity index (χ1v) is 12.0. The van der Waals surface area contributed by atoms with E-state index < -0.39 is 0 Å². The molecule has 0 rings (SSSR count). The fourth-order valence-electron chi connectivity index (χ4n) is 4.06. The molecular weight excluding hydrogens is 307 g/mol. The molecule has 0 spiro atoms. The minimum Gasteiger partial charge on any atom is -0.131 e. The molecular formula is C23H49P. The molecule has 0 aliphatic carbocycles. The van der Waals surface area contributed by atoms with E-state index in [2.05, 4.69) is 36.9 Å². The topological polar surface area (TPSA) is 0 Å². The Hall–Kier alpha value is 0.430. The molecule has 0 nitrogen and oxygen atoms in total. The zero-order valence-corrected chi connectivity index (χ0v) is 18.8. The summed E-state index contributed by atoms with van der Waals surface area (Å²) in [7, 11) is 3.37. The van der Waals surface area contributed by atoms with Crippen molar-refractivity contribution in [2.75, 3.05) is 0 Å². The van der Waals surface area contributed by atoms with Crippen molar-refractivity contribution in [2.24, 2.45) is 5.92 Å². The van der Waals surface area contributed by atoms with Gasteiger partial charge < -0.3 is 0 Å². The predicted molar refractivity (Wildman–Crippen MR) is 117 cm³/mol. The van der Waals surface area contributed by atoms with E-state index in [1.165, 1.54) is 109 Å². The van der Waals surface area contributed by atoms with Gasteiger partial charge in [0, 0.05) is 0 Å². The first kappa shape index (κ1) is 24.4. The molecule has 2 atom stereocenters. The summed E-state index contributed by atoms with van der Waals surface area (Å²) in [6, 6.07) is 0. The van der Waals surface area contributed by atoms with Gasteiger partial charge in [0.25, 0.3) is 0 Å². The maximum absolute atomic E-state index is 3.37. The Balaban J connectivity index is 4.43. The predicted octanol–water partition coefficient (Wildman–Crippen LogP) is 8.93. The Bertz CT molecular complexity index is 240. The van der Waals surface area contributed by atoms with Gasteiger partial charge in [-0.2, -0.15) is 0 Å². The van der Waals surface area contributed by atoms with Gasteiger partial charge in [0.05, 0.1) is 0 Å². The number of hydrogen-bond donors (Lipinski definition) is 0. The van der Waals surface area contributed by atoms with Crippen molar-refractivity contribution in [3.05, 3.63) is 0 Å². The van der Waals surface area contributed by atoms with Gasteiger partial charge in [-0.3, -0.25) is 0 Å². The van der Waals surface area contributed by atoms with E-state index in [0.717, 1.165) is 5.92 Å². The lowest BCUT2D eigenvalue weighted by Gasteiger charge is -2.39. The van der Waals surface area contributed by atoms with Crippen LogP contribution < -0.4 is 0 Å². The quantitative estimate of drug-likeness (QED) is 0.170. The summed E-state index contributed by atoms with van der Waals surface area (Å²) < 4.78 is 0. The lowest BCUT2D eigenvalue weighted by molar-refractivity contribution is 0.274. The number of rotatable bonds is 18. The minimum absolute atomic E-state index is 0.531. The van der Waals surface area contributed by atoms with Gasteiger partial charge in [0.1, 0.15) is 0 Å². The lowest BCUT2D eigenvalue weighted by Crippen LogP contribution is -2.32. The molecule has 0 aliphatic heterocycles. The molecule has 0 bridgehead atoms. The molecule has 0 N–H and O–H groups in total. The standard InChI is InChI=1S/C23H49P/c1-5-9-13-14-15-16-17-19-22(18-10-6-2)23(24,20-11-7-3)21-12-8-4/h22H,5-21,24H2,1-4H3. The Morgan fingerprint density at radius 2 is 0.958 bits per heavy atom. The summed E-state index contributed by atoms with van der Waals surface area (Å²) in [5.41, 5.74) is 0. The minimum atomic E-state index is 0.531. The van der Waals surface area contributed by atoms with Crippen LogP contribution in [0.25, 0.3) is 0 Å². The summed E-state index contributed by atoms with van der Waals surface area (Å²) in [6.45, 7) is 9.36. The van der Waals surface area contributed by atoms with Crippen molar-refractivity contribution >= 4 is 9.24 Å². The molecule has 2 unspecified atom stereocenters.